The summed E-state index contributed by atoms with van der Waals surface area (Å²) < 4.78 is 0. The molecule has 2 rings (SSSR count). The predicted molar refractivity (Wildman–Crippen MR) is 61.3 cm³/mol. The maximum absolute atomic E-state index is 9.11. The normalized spacial score (nSPS) is 10.7. The molecule has 2 nitrogen and oxygen atoms in total. The number of phenolic OH excluding ortho intramolecular Hbond substituents is 1. The molecule has 0 unspecified atom stereocenters. The monoisotopic (exact) mass is 197 g/mol. The minimum atomic E-state index is 0.286. The van der Waals surface area contributed by atoms with Gasteiger partial charge >= 0.3 is 0 Å². The fourth-order valence-corrected chi connectivity index (χ4v) is 1.25. The average molecular weight is 197 g/mol. The lowest BCUT2D eigenvalue weighted by Gasteiger charge is -1.94. The van der Waals surface area contributed by atoms with Gasteiger partial charge < -0.3 is 5.11 Å². The smallest absolute Gasteiger partial charge is 0.115 e. The number of hydrogen-bond acceptors (Lipinski definition) is 2. The first kappa shape index (κ1) is 9.46. The number of benzene rings is 1. The van der Waals surface area contributed by atoms with Gasteiger partial charge in [-0.1, -0.05) is 30.4 Å². The number of aromatic hydroxyl groups is 1. The second-order valence-corrected chi connectivity index (χ2v) is 3.21. The van der Waals surface area contributed by atoms with Gasteiger partial charge in [0.05, 0.1) is 0 Å². The number of nitrogens with zero attached hydrogens (tertiary/aromatic N) is 1. The molecule has 0 atom stereocenters. The quantitative estimate of drug-likeness (QED) is 0.802. The number of rotatable bonds is 2. The molecule has 0 radical (unpaired) electrons. The van der Waals surface area contributed by atoms with Crippen molar-refractivity contribution in [3.63, 3.8) is 0 Å². The van der Waals surface area contributed by atoms with Crippen LogP contribution in [-0.2, 0) is 0 Å². The summed E-state index contributed by atoms with van der Waals surface area (Å²) in [7, 11) is 0. The summed E-state index contributed by atoms with van der Waals surface area (Å²) >= 11 is 0. The summed E-state index contributed by atoms with van der Waals surface area (Å²) in [5.74, 6) is 0.286. The van der Waals surface area contributed by atoms with Crippen LogP contribution < -0.4 is 0 Å². The van der Waals surface area contributed by atoms with E-state index >= 15 is 0 Å². The molecule has 0 fully saturated rings. The van der Waals surface area contributed by atoms with Gasteiger partial charge in [-0.2, -0.15) is 0 Å². The van der Waals surface area contributed by atoms with Gasteiger partial charge in [0.15, 0.2) is 0 Å². The highest BCUT2D eigenvalue weighted by Crippen LogP contribution is 2.12. The SMILES string of the molecule is Oc1ccc(/C=C/c2cccnc2)cc1. The predicted octanol–water partition coefficient (Wildman–Crippen LogP) is 2.96. The second-order valence-electron chi connectivity index (χ2n) is 3.21. The van der Waals surface area contributed by atoms with E-state index in [1.54, 1.807) is 24.5 Å². The molecule has 0 spiro atoms. The molecule has 0 bridgehead atoms. The molecule has 15 heavy (non-hydrogen) atoms. The summed E-state index contributed by atoms with van der Waals surface area (Å²) in [5, 5.41) is 9.11. The van der Waals surface area contributed by atoms with Crippen molar-refractivity contribution in [1.82, 2.24) is 4.98 Å². The molecular weight excluding hydrogens is 186 g/mol. The first-order chi connectivity index (χ1) is 7.34. The Kier molecular flexibility index (Phi) is 2.79. The average Bonchev–Trinajstić information content (AvgIpc) is 2.30. The Morgan fingerprint density at radius 3 is 2.33 bits per heavy atom. The molecule has 2 heteroatoms. The zero-order chi connectivity index (χ0) is 10.5. The molecule has 0 saturated carbocycles. The standard InChI is InChI=1S/C13H11NO/c15-13-7-5-11(6-8-13)3-4-12-2-1-9-14-10-12/h1-10,15H/b4-3+. The van der Waals surface area contributed by atoms with E-state index in [0.717, 1.165) is 11.1 Å². The molecule has 74 valence electrons. The molecule has 2 aromatic rings. The lowest BCUT2D eigenvalue weighted by atomic mass is 10.1. The number of aromatic nitrogens is 1. The van der Waals surface area contributed by atoms with Crippen molar-refractivity contribution in [1.29, 1.82) is 0 Å². The molecule has 0 aliphatic rings. The summed E-state index contributed by atoms with van der Waals surface area (Å²) in [6.45, 7) is 0. The van der Waals surface area contributed by atoms with Crippen molar-refractivity contribution < 1.29 is 5.11 Å². The van der Waals surface area contributed by atoms with E-state index < -0.39 is 0 Å². The largest absolute Gasteiger partial charge is 0.508 e. The molecule has 0 aliphatic carbocycles. The van der Waals surface area contributed by atoms with Crippen molar-refractivity contribution in [2.75, 3.05) is 0 Å². The third-order valence-electron chi connectivity index (χ3n) is 2.05. The fourth-order valence-electron chi connectivity index (χ4n) is 1.25. The Morgan fingerprint density at radius 2 is 1.67 bits per heavy atom. The Morgan fingerprint density at radius 1 is 0.933 bits per heavy atom. The Labute approximate surface area is 88.5 Å². The van der Waals surface area contributed by atoms with Gasteiger partial charge in [0.2, 0.25) is 0 Å². The highest BCUT2D eigenvalue weighted by Gasteiger charge is 1.88. The van der Waals surface area contributed by atoms with Crippen LogP contribution >= 0.6 is 0 Å². The molecule has 1 N–H and O–H groups in total. The summed E-state index contributed by atoms with van der Waals surface area (Å²) in [6.07, 6.45) is 7.52. The van der Waals surface area contributed by atoms with Crippen molar-refractivity contribution in [2.24, 2.45) is 0 Å². The van der Waals surface area contributed by atoms with Gasteiger partial charge in [0.25, 0.3) is 0 Å². The summed E-state index contributed by atoms with van der Waals surface area (Å²) in [6, 6.07) is 11.0. The Hall–Kier alpha value is -2.09. The second kappa shape index (κ2) is 4.42. The first-order valence-corrected chi connectivity index (χ1v) is 4.72. The number of hydrogen-bond donors (Lipinski definition) is 1. The minimum absolute atomic E-state index is 0.286. The van der Waals surface area contributed by atoms with Crippen LogP contribution in [0.4, 0.5) is 0 Å². The van der Waals surface area contributed by atoms with E-state index in [1.807, 2.05) is 36.4 Å². The molecule has 0 amide bonds. The summed E-state index contributed by atoms with van der Waals surface area (Å²) in [5.41, 5.74) is 2.11. The fraction of sp³-hybridized carbons (Fsp3) is 0. The Balaban J connectivity index is 2.15. The minimum Gasteiger partial charge on any atom is -0.508 e. The number of pyridine rings is 1. The molecular formula is C13H11NO. The maximum Gasteiger partial charge on any atom is 0.115 e. The van der Waals surface area contributed by atoms with Crippen molar-refractivity contribution in [3.05, 3.63) is 59.9 Å². The third-order valence-corrected chi connectivity index (χ3v) is 2.05. The molecule has 1 aromatic heterocycles. The van der Waals surface area contributed by atoms with Crippen molar-refractivity contribution in [3.8, 4) is 5.75 Å². The molecule has 0 aliphatic heterocycles. The van der Waals surface area contributed by atoms with Crippen LogP contribution in [-0.4, -0.2) is 10.1 Å². The van der Waals surface area contributed by atoms with Gasteiger partial charge in [-0.15, -0.1) is 0 Å². The zero-order valence-electron chi connectivity index (χ0n) is 8.17. The van der Waals surface area contributed by atoms with Crippen LogP contribution in [0.15, 0.2) is 48.8 Å². The number of phenols is 1. The lowest BCUT2D eigenvalue weighted by Crippen LogP contribution is -1.74. The molecule has 1 heterocycles. The van der Waals surface area contributed by atoms with Crippen molar-refractivity contribution in [2.45, 2.75) is 0 Å². The third kappa shape index (κ3) is 2.68. The topological polar surface area (TPSA) is 33.1 Å². The molecule has 0 saturated heterocycles. The highest BCUT2D eigenvalue weighted by atomic mass is 16.3. The summed E-state index contributed by atoms with van der Waals surface area (Å²) in [4.78, 5) is 4.02. The van der Waals surface area contributed by atoms with E-state index in [1.165, 1.54) is 0 Å². The van der Waals surface area contributed by atoms with Gasteiger partial charge in [0.1, 0.15) is 5.75 Å². The van der Waals surface area contributed by atoms with Crippen LogP contribution in [0.3, 0.4) is 0 Å². The van der Waals surface area contributed by atoms with E-state index in [4.69, 9.17) is 5.11 Å². The van der Waals surface area contributed by atoms with Crippen LogP contribution in [0.25, 0.3) is 12.2 Å². The van der Waals surface area contributed by atoms with Crippen LogP contribution in [0.1, 0.15) is 11.1 Å². The van der Waals surface area contributed by atoms with E-state index in [9.17, 15) is 0 Å². The lowest BCUT2D eigenvalue weighted by molar-refractivity contribution is 0.475. The van der Waals surface area contributed by atoms with Gasteiger partial charge in [-0.05, 0) is 29.3 Å². The van der Waals surface area contributed by atoms with Gasteiger partial charge in [-0.25, -0.2) is 0 Å². The Bertz CT molecular complexity index is 446. The maximum atomic E-state index is 9.11. The van der Waals surface area contributed by atoms with Gasteiger partial charge in [-0.3, -0.25) is 4.98 Å². The molecule has 1 aromatic carbocycles. The first-order valence-electron chi connectivity index (χ1n) is 4.72. The van der Waals surface area contributed by atoms with Crippen LogP contribution in [0.2, 0.25) is 0 Å². The van der Waals surface area contributed by atoms with Gasteiger partial charge in [0, 0.05) is 12.4 Å². The van der Waals surface area contributed by atoms with Crippen LogP contribution in [0, 0.1) is 0 Å². The van der Waals surface area contributed by atoms with E-state index in [-0.39, 0.29) is 5.75 Å². The van der Waals surface area contributed by atoms with Crippen molar-refractivity contribution >= 4 is 12.2 Å². The van der Waals surface area contributed by atoms with Crippen LogP contribution in [0.5, 0.6) is 5.75 Å². The zero-order valence-corrected chi connectivity index (χ0v) is 8.17. The highest BCUT2D eigenvalue weighted by molar-refractivity contribution is 5.69. The van der Waals surface area contributed by atoms with E-state index in [2.05, 4.69) is 4.98 Å². The van der Waals surface area contributed by atoms with E-state index in [0.29, 0.717) is 0 Å².